The first-order valence-electron chi connectivity index (χ1n) is 36.1. The fourth-order valence-corrected chi connectivity index (χ4v) is 12.7. The minimum absolute atomic E-state index is 0. The van der Waals surface area contributed by atoms with Crippen LogP contribution in [-0.2, 0) is 0 Å². The molecule has 0 amide bonds. The highest BCUT2D eigenvalue weighted by atomic mass is 15.3. The molecule has 0 radical (unpaired) electrons. The highest BCUT2D eigenvalue weighted by Crippen LogP contribution is 2.23. The Morgan fingerprint density at radius 2 is 0.203 bits per heavy atom. The number of hydrogen-bond donors (Lipinski definition) is 1. The first kappa shape index (κ1) is 76.0. The number of unbranched alkanes of at least 4 members (excludes halogenated alkanes) is 60. The topological polar surface area (TPSA) is 35.0 Å². The molecule has 0 atom stereocenters. The first-order valence-corrected chi connectivity index (χ1v) is 36.1. The Morgan fingerprint density at radius 1 is 0.122 bits per heavy atom. The molecule has 3 N–H and O–H groups in total. The smallest absolute Gasteiger partial charge is 0.0786 e. The third-order valence-electron chi connectivity index (χ3n) is 17.9. The first-order chi connectivity index (χ1) is 36.2. The van der Waals surface area contributed by atoms with Crippen LogP contribution >= 0.6 is 0 Å². The normalized spacial score (nSPS) is 11.8. The van der Waals surface area contributed by atoms with E-state index in [0.29, 0.717) is 0 Å². The molecule has 0 aliphatic heterocycles. The molecular weight excluding hydrogens is 893 g/mol. The van der Waals surface area contributed by atoms with Crippen LogP contribution in [0.3, 0.4) is 0 Å². The van der Waals surface area contributed by atoms with Gasteiger partial charge in [-0.3, -0.25) is 0 Å². The van der Waals surface area contributed by atoms with E-state index in [1.807, 2.05) is 0 Å². The monoisotopic (exact) mass is 1040 g/mol. The van der Waals surface area contributed by atoms with Crippen LogP contribution in [-0.4, -0.2) is 30.7 Å². The van der Waals surface area contributed by atoms with Crippen LogP contribution in [0.15, 0.2) is 0 Å². The molecule has 0 aromatic rings. The summed E-state index contributed by atoms with van der Waals surface area (Å²) < 4.78 is 1.49. The fourth-order valence-electron chi connectivity index (χ4n) is 12.7. The SMILES string of the molecule is CCCCCCCCCCCCCCCCCC[N+](CCCCCCCCCCCCCCCCCC)(CCCCCCCCCCCCCCCCCC)CCCCCCCCCCCCCCCCCC.N. The molecule has 2 heteroatoms. The molecule has 74 heavy (non-hydrogen) atoms. The predicted molar refractivity (Wildman–Crippen MR) is 343 cm³/mol. The molecule has 0 aromatic heterocycles. The molecule has 0 aliphatic carbocycles. The molecule has 0 saturated carbocycles. The van der Waals surface area contributed by atoms with Crippen LogP contribution in [0.25, 0.3) is 0 Å². The average molecular weight is 1050 g/mol. The maximum Gasteiger partial charge on any atom is 0.0786 e. The average Bonchev–Trinajstić information content (AvgIpc) is 3.40. The Balaban J connectivity index is 0. The lowest BCUT2D eigenvalue weighted by atomic mass is 10.0. The third kappa shape index (κ3) is 62.8. The summed E-state index contributed by atoms with van der Waals surface area (Å²) in [6.07, 6.45) is 94.7. The van der Waals surface area contributed by atoms with E-state index in [2.05, 4.69) is 27.7 Å². The second-order valence-electron chi connectivity index (χ2n) is 25.4. The molecule has 0 heterocycles. The Hall–Kier alpha value is -0.0800. The van der Waals surface area contributed by atoms with Crippen molar-refractivity contribution < 1.29 is 4.48 Å². The molecule has 2 nitrogen and oxygen atoms in total. The number of nitrogens with zero attached hydrogens (tertiary/aromatic N) is 1. The maximum atomic E-state index is 2.33. The van der Waals surface area contributed by atoms with Gasteiger partial charge >= 0.3 is 0 Å². The van der Waals surface area contributed by atoms with Gasteiger partial charge in [-0.15, -0.1) is 0 Å². The molecule has 0 saturated heterocycles. The van der Waals surface area contributed by atoms with Gasteiger partial charge in [-0.1, -0.05) is 387 Å². The summed E-state index contributed by atoms with van der Waals surface area (Å²) in [4.78, 5) is 0. The number of quaternary nitrogens is 1. The van der Waals surface area contributed by atoms with Crippen LogP contribution < -0.4 is 6.15 Å². The minimum atomic E-state index is 0. The second kappa shape index (κ2) is 69.0. The molecule has 0 unspecified atom stereocenters. The van der Waals surface area contributed by atoms with E-state index in [9.17, 15) is 0 Å². The van der Waals surface area contributed by atoms with Gasteiger partial charge in [0.05, 0.1) is 26.2 Å². The van der Waals surface area contributed by atoms with Crippen molar-refractivity contribution in [3.63, 3.8) is 0 Å². The van der Waals surface area contributed by atoms with E-state index in [1.165, 1.54) is 442 Å². The Labute approximate surface area is 473 Å². The summed E-state index contributed by atoms with van der Waals surface area (Å²) in [6.45, 7) is 15.3. The largest absolute Gasteiger partial charge is 0.344 e. The number of hydrogen-bond acceptors (Lipinski definition) is 1. The van der Waals surface area contributed by atoms with Gasteiger partial charge in [-0.25, -0.2) is 0 Å². The summed E-state index contributed by atoms with van der Waals surface area (Å²) in [5.41, 5.74) is 0. The molecule has 0 aliphatic rings. The summed E-state index contributed by atoms with van der Waals surface area (Å²) >= 11 is 0. The van der Waals surface area contributed by atoms with Gasteiger partial charge in [-0.05, 0) is 51.4 Å². The molecule has 448 valence electrons. The zero-order valence-corrected chi connectivity index (χ0v) is 53.2. The van der Waals surface area contributed by atoms with Gasteiger partial charge in [0, 0.05) is 0 Å². The Morgan fingerprint density at radius 3 is 0.297 bits per heavy atom. The Kier molecular flexibility index (Phi) is 70.9. The van der Waals surface area contributed by atoms with Crippen LogP contribution in [0.1, 0.15) is 439 Å². The molecule has 0 aromatic carbocycles. The van der Waals surface area contributed by atoms with Crippen molar-refractivity contribution in [1.29, 1.82) is 0 Å². The third-order valence-corrected chi connectivity index (χ3v) is 17.9. The highest BCUT2D eigenvalue weighted by Gasteiger charge is 2.26. The Bertz CT molecular complexity index is 781. The lowest BCUT2D eigenvalue weighted by molar-refractivity contribution is -0.929. The number of rotatable bonds is 68. The van der Waals surface area contributed by atoms with Crippen LogP contribution in [0.5, 0.6) is 0 Å². The molecule has 0 bridgehead atoms. The van der Waals surface area contributed by atoms with E-state index in [4.69, 9.17) is 0 Å². The summed E-state index contributed by atoms with van der Waals surface area (Å²) in [5, 5.41) is 0. The van der Waals surface area contributed by atoms with Gasteiger partial charge in [-0.2, -0.15) is 0 Å². The fraction of sp³-hybridized carbons (Fsp3) is 1.00. The van der Waals surface area contributed by atoms with Crippen molar-refractivity contribution in [3.05, 3.63) is 0 Å². The van der Waals surface area contributed by atoms with Gasteiger partial charge in [0.1, 0.15) is 0 Å². The van der Waals surface area contributed by atoms with Crippen LogP contribution in [0.4, 0.5) is 0 Å². The zero-order valence-electron chi connectivity index (χ0n) is 53.2. The quantitative estimate of drug-likeness (QED) is 0.0478. The standard InChI is InChI=1S/C72H148N.H3N/c1-5-9-13-17-21-25-29-33-37-41-45-49-53-57-61-65-69-73(70-66-62-58-54-50-46-42-38-34-30-26-22-18-14-10-6-2,71-67-63-59-55-51-47-43-39-35-31-27-23-19-15-11-7-3)72-68-64-60-56-52-48-44-40-36-32-28-24-20-16-12-8-4;/h5-72H2,1-4H3;1H3/q+1;. The van der Waals surface area contributed by atoms with Crippen molar-refractivity contribution in [2.24, 2.45) is 0 Å². The van der Waals surface area contributed by atoms with E-state index in [1.54, 1.807) is 0 Å². The molecule has 0 spiro atoms. The van der Waals surface area contributed by atoms with E-state index in [0.717, 1.165) is 0 Å². The minimum Gasteiger partial charge on any atom is -0.344 e. The highest BCUT2D eigenvalue weighted by molar-refractivity contribution is 4.58. The van der Waals surface area contributed by atoms with Crippen molar-refractivity contribution in [3.8, 4) is 0 Å². The van der Waals surface area contributed by atoms with E-state index < -0.39 is 0 Å². The maximum absolute atomic E-state index is 2.33. The van der Waals surface area contributed by atoms with Crippen molar-refractivity contribution in [2.75, 3.05) is 26.2 Å². The van der Waals surface area contributed by atoms with E-state index in [-0.39, 0.29) is 6.15 Å². The molecule has 0 rings (SSSR count). The van der Waals surface area contributed by atoms with Crippen molar-refractivity contribution in [2.45, 2.75) is 439 Å². The van der Waals surface area contributed by atoms with Gasteiger partial charge < -0.3 is 10.6 Å². The molecular formula is C72H151N2+. The van der Waals surface area contributed by atoms with Crippen molar-refractivity contribution in [1.82, 2.24) is 6.15 Å². The van der Waals surface area contributed by atoms with Gasteiger partial charge in [0.2, 0.25) is 0 Å². The summed E-state index contributed by atoms with van der Waals surface area (Å²) in [6, 6.07) is 0. The summed E-state index contributed by atoms with van der Waals surface area (Å²) in [7, 11) is 0. The van der Waals surface area contributed by atoms with Gasteiger partial charge in [0.25, 0.3) is 0 Å². The van der Waals surface area contributed by atoms with Crippen LogP contribution in [0, 0.1) is 0 Å². The lowest BCUT2D eigenvalue weighted by Gasteiger charge is -2.40. The van der Waals surface area contributed by atoms with E-state index >= 15 is 0 Å². The lowest BCUT2D eigenvalue weighted by Crippen LogP contribution is -2.50. The zero-order chi connectivity index (χ0) is 52.6. The summed E-state index contributed by atoms with van der Waals surface area (Å²) in [5.74, 6) is 0. The van der Waals surface area contributed by atoms with Crippen LogP contribution in [0.2, 0.25) is 0 Å². The molecule has 0 fully saturated rings. The second-order valence-corrected chi connectivity index (χ2v) is 25.4. The van der Waals surface area contributed by atoms with Crippen molar-refractivity contribution >= 4 is 0 Å². The van der Waals surface area contributed by atoms with Gasteiger partial charge in [0.15, 0.2) is 0 Å². The predicted octanol–water partition coefficient (Wildman–Crippen LogP) is 27.0.